The molecule has 1 aliphatic carbocycles. The second-order valence-corrected chi connectivity index (χ2v) is 18.1. The average molecular weight is 842 g/mol. The van der Waals surface area contributed by atoms with Gasteiger partial charge >= 0.3 is 0 Å². The third-order valence-corrected chi connectivity index (χ3v) is 14.5. The summed E-state index contributed by atoms with van der Waals surface area (Å²) in [7, 11) is 0. The van der Waals surface area contributed by atoms with Crippen LogP contribution < -0.4 is 4.90 Å². The topological polar surface area (TPSA) is 16.4 Å². The minimum Gasteiger partial charge on any atom is -0.455 e. The zero-order chi connectivity index (χ0) is 41.6. The van der Waals surface area contributed by atoms with E-state index in [0.29, 0.717) is 0 Å². The number of hydrogen-bond donors (Lipinski definition) is 0. The van der Waals surface area contributed by atoms with Crippen molar-refractivity contribution in [3.05, 3.63) is 246 Å². The summed E-state index contributed by atoms with van der Waals surface area (Å²) in [5.74, 6) is 0. The molecule has 2 heterocycles. The molecule has 0 saturated heterocycles. The molecule has 1 aliphatic heterocycles. The van der Waals surface area contributed by atoms with Crippen molar-refractivity contribution in [2.24, 2.45) is 0 Å². The molecule has 0 atom stereocenters. The maximum Gasteiger partial charge on any atom is 0.143 e. The van der Waals surface area contributed by atoms with Gasteiger partial charge in [-0.3, -0.25) is 0 Å². The summed E-state index contributed by atoms with van der Waals surface area (Å²) in [5.41, 5.74) is 16.6. The van der Waals surface area contributed by atoms with Crippen LogP contribution >= 0.6 is 23.4 Å². The molecule has 0 N–H and O–H groups in total. The first-order valence-electron chi connectivity index (χ1n) is 21.3. The highest BCUT2D eigenvalue weighted by Gasteiger charge is 2.50. The van der Waals surface area contributed by atoms with Gasteiger partial charge in [0.15, 0.2) is 0 Å². The number of benzene rings is 10. The first-order valence-corrected chi connectivity index (χ1v) is 22.5. The average Bonchev–Trinajstić information content (AvgIpc) is 3.86. The summed E-state index contributed by atoms with van der Waals surface area (Å²) in [6.07, 6.45) is 0. The van der Waals surface area contributed by atoms with Crippen molar-refractivity contribution >= 4 is 73.1 Å². The number of fused-ring (bicyclic) bond motifs is 13. The number of hydrogen-bond acceptors (Lipinski definition) is 3. The van der Waals surface area contributed by atoms with Crippen molar-refractivity contribution in [1.82, 2.24) is 0 Å². The Labute approximate surface area is 374 Å². The molecule has 13 rings (SSSR count). The molecule has 2 nitrogen and oxygen atoms in total. The molecule has 1 aromatic heterocycles. The quantitative estimate of drug-likeness (QED) is 0.172. The predicted molar refractivity (Wildman–Crippen MR) is 263 cm³/mol. The number of anilines is 3. The van der Waals surface area contributed by atoms with Crippen LogP contribution in [0.3, 0.4) is 0 Å². The maximum atomic E-state index is 6.85. The SMILES string of the molecule is Clc1ccc2c(c1)Sc1cc(N(c3ccc(-c4ccccc4)cc3)c3cc(-c4ccc5ccccc5c4)c4oc5ccccc5c4c3)ccc1C21c2ccccc2-c2ccccc21. The molecule has 2 aliphatic rings. The van der Waals surface area contributed by atoms with Crippen LogP contribution in [0.2, 0.25) is 5.02 Å². The van der Waals surface area contributed by atoms with Gasteiger partial charge in [-0.1, -0.05) is 181 Å². The number of rotatable bonds is 5. The van der Waals surface area contributed by atoms with E-state index in [1.807, 2.05) is 17.8 Å². The molecule has 10 aromatic carbocycles. The van der Waals surface area contributed by atoms with Gasteiger partial charge in [-0.25, -0.2) is 0 Å². The molecule has 0 fully saturated rings. The molecule has 1 spiro atoms. The monoisotopic (exact) mass is 841 g/mol. The number of furan rings is 1. The van der Waals surface area contributed by atoms with E-state index in [2.05, 4.69) is 217 Å². The number of nitrogens with zero attached hydrogens (tertiary/aromatic N) is 1. The smallest absolute Gasteiger partial charge is 0.143 e. The second-order valence-electron chi connectivity index (χ2n) is 16.5. The Bertz CT molecular complexity index is 3580. The summed E-state index contributed by atoms with van der Waals surface area (Å²) in [6, 6.07) is 79.3. The lowest BCUT2D eigenvalue weighted by atomic mass is 9.67. The van der Waals surface area contributed by atoms with E-state index in [9.17, 15) is 0 Å². The Morgan fingerprint density at radius 2 is 1.02 bits per heavy atom. The van der Waals surface area contributed by atoms with Gasteiger partial charge in [0, 0.05) is 48.2 Å². The van der Waals surface area contributed by atoms with Gasteiger partial charge in [-0.2, -0.15) is 0 Å². The van der Waals surface area contributed by atoms with Crippen molar-refractivity contribution in [3.63, 3.8) is 0 Å². The number of halogens is 1. The Morgan fingerprint density at radius 1 is 0.397 bits per heavy atom. The maximum absolute atomic E-state index is 6.85. The van der Waals surface area contributed by atoms with E-state index < -0.39 is 5.41 Å². The molecular formula is C59H36ClNOS. The summed E-state index contributed by atoms with van der Waals surface area (Å²) < 4.78 is 6.76. The Hall–Kier alpha value is -7.30. The van der Waals surface area contributed by atoms with Crippen LogP contribution in [0.15, 0.2) is 233 Å². The molecular weight excluding hydrogens is 806 g/mol. The molecule has 4 heteroatoms. The molecule has 0 bridgehead atoms. The van der Waals surface area contributed by atoms with Gasteiger partial charge in [-0.15, -0.1) is 0 Å². The fourth-order valence-electron chi connectivity index (χ4n) is 10.4. The van der Waals surface area contributed by atoms with Gasteiger partial charge in [0.05, 0.1) is 5.41 Å². The zero-order valence-electron chi connectivity index (χ0n) is 33.9. The molecule has 296 valence electrons. The van der Waals surface area contributed by atoms with Crippen molar-refractivity contribution in [2.75, 3.05) is 4.90 Å². The van der Waals surface area contributed by atoms with Crippen LogP contribution in [0.25, 0.3) is 66.1 Å². The Morgan fingerprint density at radius 3 is 1.81 bits per heavy atom. The van der Waals surface area contributed by atoms with Gasteiger partial charge in [0.1, 0.15) is 11.2 Å². The molecule has 0 amide bonds. The van der Waals surface area contributed by atoms with Crippen molar-refractivity contribution < 1.29 is 4.42 Å². The lowest BCUT2D eigenvalue weighted by Gasteiger charge is -2.40. The number of para-hydroxylation sites is 1. The minimum atomic E-state index is -0.508. The Kier molecular flexibility index (Phi) is 8.15. The zero-order valence-corrected chi connectivity index (χ0v) is 35.5. The normalized spacial score (nSPS) is 13.2. The van der Waals surface area contributed by atoms with E-state index in [1.54, 1.807) is 0 Å². The Balaban J connectivity index is 1.07. The first-order chi connectivity index (χ1) is 31.1. The molecule has 11 aromatic rings. The fourth-order valence-corrected chi connectivity index (χ4v) is 11.9. The minimum absolute atomic E-state index is 0.508. The van der Waals surface area contributed by atoms with Crippen LogP contribution in [0, 0.1) is 0 Å². The van der Waals surface area contributed by atoms with Crippen molar-refractivity contribution in [1.29, 1.82) is 0 Å². The molecule has 63 heavy (non-hydrogen) atoms. The van der Waals surface area contributed by atoms with Crippen LogP contribution in [0.4, 0.5) is 17.1 Å². The van der Waals surface area contributed by atoms with E-state index >= 15 is 0 Å². The van der Waals surface area contributed by atoms with E-state index in [-0.39, 0.29) is 0 Å². The molecule has 0 radical (unpaired) electrons. The lowest BCUT2D eigenvalue weighted by molar-refractivity contribution is 0.670. The highest BCUT2D eigenvalue weighted by Crippen LogP contribution is 2.63. The second kappa shape index (κ2) is 14.1. The standard InChI is InChI=1S/C59H36ClNOS/c60-42-26-30-53-56(33-42)63-57-36-44(29-31-54(57)59(53)51-19-9-6-16-46(51)47-17-7-10-20-52(47)59)61(43-27-24-39(25-28-43)37-12-2-1-3-13-37)45-34-49(41-23-22-38-14-4-5-15-40(38)32-41)58-50(35-45)48-18-8-11-21-55(48)62-58/h1-36H. The van der Waals surface area contributed by atoms with E-state index in [0.717, 1.165) is 55.2 Å². The van der Waals surface area contributed by atoms with Crippen LogP contribution in [-0.4, -0.2) is 0 Å². The van der Waals surface area contributed by atoms with Crippen molar-refractivity contribution in [3.8, 4) is 33.4 Å². The van der Waals surface area contributed by atoms with Crippen LogP contribution in [-0.2, 0) is 5.41 Å². The molecule has 0 unspecified atom stereocenters. The summed E-state index contributed by atoms with van der Waals surface area (Å²) >= 11 is 8.66. The van der Waals surface area contributed by atoms with Gasteiger partial charge in [-0.05, 0) is 122 Å². The van der Waals surface area contributed by atoms with Crippen LogP contribution in [0.1, 0.15) is 22.3 Å². The van der Waals surface area contributed by atoms with E-state index in [4.69, 9.17) is 16.0 Å². The van der Waals surface area contributed by atoms with Crippen LogP contribution in [0.5, 0.6) is 0 Å². The van der Waals surface area contributed by atoms with Gasteiger partial charge in [0.2, 0.25) is 0 Å². The third-order valence-electron chi connectivity index (χ3n) is 13.2. The predicted octanol–water partition coefficient (Wildman–Crippen LogP) is 17.0. The largest absolute Gasteiger partial charge is 0.455 e. The summed E-state index contributed by atoms with van der Waals surface area (Å²) in [6.45, 7) is 0. The summed E-state index contributed by atoms with van der Waals surface area (Å²) in [4.78, 5) is 4.78. The third kappa shape index (κ3) is 5.53. The first kappa shape index (κ1) is 36.4. The summed E-state index contributed by atoms with van der Waals surface area (Å²) in [5, 5.41) is 5.29. The fraction of sp³-hybridized carbons (Fsp3) is 0.0169. The van der Waals surface area contributed by atoms with Gasteiger partial charge in [0.25, 0.3) is 0 Å². The highest BCUT2D eigenvalue weighted by atomic mass is 35.5. The lowest BCUT2D eigenvalue weighted by Crippen LogP contribution is -2.32. The van der Waals surface area contributed by atoms with Gasteiger partial charge < -0.3 is 9.32 Å². The van der Waals surface area contributed by atoms with Crippen molar-refractivity contribution in [2.45, 2.75) is 15.2 Å². The highest BCUT2D eigenvalue weighted by molar-refractivity contribution is 7.99. The van der Waals surface area contributed by atoms with E-state index in [1.165, 1.54) is 65.1 Å². The molecule has 0 saturated carbocycles.